The summed E-state index contributed by atoms with van der Waals surface area (Å²) in [5.41, 5.74) is 2.74. The van der Waals surface area contributed by atoms with Crippen LogP contribution in [0.5, 0.6) is 5.75 Å². The van der Waals surface area contributed by atoms with Gasteiger partial charge in [-0.2, -0.15) is 0 Å². The van der Waals surface area contributed by atoms with Gasteiger partial charge in [-0.1, -0.05) is 72.8 Å². The van der Waals surface area contributed by atoms with Crippen molar-refractivity contribution in [3.05, 3.63) is 119 Å². The quantitative estimate of drug-likeness (QED) is 0.194. The molecule has 0 bridgehead atoms. The number of amides is 2. The Hall–Kier alpha value is -5.51. The summed E-state index contributed by atoms with van der Waals surface area (Å²) in [6.45, 7) is 2.29. The molecule has 6 rings (SSSR count). The van der Waals surface area contributed by atoms with Crippen molar-refractivity contribution in [3.8, 4) is 5.75 Å². The van der Waals surface area contributed by atoms with Gasteiger partial charge in [0.05, 0.1) is 12.2 Å². The lowest BCUT2D eigenvalue weighted by molar-refractivity contribution is -0.142. The molecule has 0 spiro atoms. The zero-order valence-electron chi connectivity index (χ0n) is 24.8. The summed E-state index contributed by atoms with van der Waals surface area (Å²) in [5, 5.41) is 25.9. The largest absolute Gasteiger partial charge is 0.493 e. The maximum Gasteiger partial charge on any atom is 0.326 e. The van der Waals surface area contributed by atoms with Crippen LogP contribution in [0.4, 0.5) is 5.69 Å². The molecular formula is C35H33N5O5. The lowest BCUT2D eigenvalue weighted by Gasteiger charge is -2.20. The van der Waals surface area contributed by atoms with Gasteiger partial charge in [0, 0.05) is 24.9 Å². The highest BCUT2D eigenvalue weighted by Crippen LogP contribution is 2.30. The Morgan fingerprint density at radius 3 is 2.44 bits per heavy atom. The van der Waals surface area contributed by atoms with E-state index in [1.165, 1.54) is 0 Å². The average Bonchev–Trinajstić information content (AvgIpc) is 3.65. The minimum absolute atomic E-state index is 0.0751. The summed E-state index contributed by atoms with van der Waals surface area (Å²) >= 11 is 0. The molecule has 0 saturated carbocycles. The maximum absolute atomic E-state index is 13.4. The first kappa shape index (κ1) is 29.6. The maximum atomic E-state index is 13.4. The first-order valence-electron chi connectivity index (χ1n) is 15.0. The summed E-state index contributed by atoms with van der Waals surface area (Å²) in [5.74, 6) is 0.0808. The summed E-state index contributed by atoms with van der Waals surface area (Å²) in [4.78, 5) is 39.0. The Labute approximate surface area is 260 Å². The highest BCUT2D eigenvalue weighted by atomic mass is 16.5. The molecule has 10 nitrogen and oxygen atoms in total. The van der Waals surface area contributed by atoms with E-state index in [0.717, 1.165) is 22.2 Å². The number of carbonyl (C=O) groups is 3. The summed E-state index contributed by atoms with van der Waals surface area (Å²) < 4.78 is 7.59. The number of aryl methyl sites for hydroxylation is 1. The third-order valence-corrected chi connectivity index (χ3v) is 7.98. The van der Waals surface area contributed by atoms with Gasteiger partial charge in [-0.3, -0.25) is 9.59 Å². The van der Waals surface area contributed by atoms with Gasteiger partial charge in [0.25, 0.3) is 5.91 Å². The number of aromatic nitrogens is 3. The second-order valence-electron chi connectivity index (χ2n) is 11.0. The van der Waals surface area contributed by atoms with Crippen LogP contribution >= 0.6 is 0 Å². The molecular weight excluding hydrogens is 570 g/mol. The van der Waals surface area contributed by atoms with E-state index in [4.69, 9.17) is 4.74 Å². The minimum atomic E-state index is -1.14. The fourth-order valence-electron chi connectivity index (χ4n) is 5.82. The van der Waals surface area contributed by atoms with Crippen LogP contribution in [-0.4, -0.2) is 50.3 Å². The predicted molar refractivity (Wildman–Crippen MR) is 169 cm³/mol. The fraction of sp³-hybridized carbons (Fsp3) is 0.229. The molecule has 0 saturated heterocycles. The van der Waals surface area contributed by atoms with Gasteiger partial charge in [0.15, 0.2) is 0 Å². The number of nitrogens with one attached hydrogen (secondary N) is 2. The number of hydrogen-bond donors (Lipinski definition) is 3. The van der Waals surface area contributed by atoms with Gasteiger partial charge < -0.3 is 25.0 Å². The first-order chi connectivity index (χ1) is 21.9. The molecule has 2 atom stereocenters. The van der Waals surface area contributed by atoms with Gasteiger partial charge in [-0.05, 0) is 53.4 Å². The van der Waals surface area contributed by atoms with Crippen molar-refractivity contribution < 1.29 is 24.2 Å². The Balaban J connectivity index is 1.13. The van der Waals surface area contributed by atoms with Crippen molar-refractivity contribution in [2.24, 2.45) is 0 Å². The van der Waals surface area contributed by atoms with Gasteiger partial charge >= 0.3 is 5.97 Å². The van der Waals surface area contributed by atoms with Crippen LogP contribution in [-0.2, 0) is 28.9 Å². The molecule has 4 aromatic carbocycles. The van der Waals surface area contributed by atoms with Crippen molar-refractivity contribution in [1.82, 2.24) is 20.1 Å². The molecule has 2 amide bonds. The molecule has 45 heavy (non-hydrogen) atoms. The number of aliphatic carboxylic acids is 1. The van der Waals surface area contributed by atoms with Crippen LogP contribution < -0.4 is 15.4 Å². The number of carbonyl (C=O) groups excluding carboxylic acids is 2. The van der Waals surface area contributed by atoms with Crippen LogP contribution in [0.25, 0.3) is 10.8 Å². The van der Waals surface area contributed by atoms with E-state index in [1.54, 1.807) is 30.3 Å². The van der Waals surface area contributed by atoms with E-state index in [-0.39, 0.29) is 18.2 Å². The monoisotopic (exact) mass is 603 g/mol. The Morgan fingerprint density at radius 2 is 1.69 bits per heavy atom. The molecule has 228 valence electrons. The molecule has 0 radical (unpaired) electrons. The number of hydrogen-bond acceptors (Lipinski definition) is 6. The van der Waals surface area contributed by atoms with E-state index in [2.05, 4.69) is 20.8 Å². The number of anilines is 1. The SMILES string of the molecule is CCOc1ccc2ccccc2c1C(=O)Nc1ccc(C[C@H](NC(=O)C2CCc3nnc(Cc4ccccc4)n32)C(=O)O)cc1. The molecule has 2 heterocycles. The minimum Gasteiger partial charge on any atom is -0.493 e. The van der Waals surface area contributed by atoms with Crippen LogP contribution in [0.2, 0.25) is 0 Å². The zero-order chi connectivity index (χ0) is 31.3. The standard InChI is InChI=1S/C35H33N5O5/c1-2-45-29-18-14-24-10-6-7-11-26(24)32(29)34(42)36-25-15-12-23(13-16-25)20-27(35(43)44)37-33(41)28-17-19-30-38-39-31(40(28)30)21-22-8-4-3-5-9-22/h3-16,18,27-28H,2,17,19-21H2,1H3,(H,36,42)(H,37,41)(H,43,44)/t27-,28?/m0/s1. The van der Waals surface area contributed by atoms with E-state index >= 15 is 0 Å². The van der Waals surface area contributed by atoms with Crippen LogP contribution in [0.3, 0.4) is 0 Å². The van der Waals surface area contributed by atoms with Crippen molar-refractivity contribution in [2.75, 3.05) is 11.9 Å². The molecule has 10 heteroatoms. The molecule has 1 aliphatic rings. The van der Waals surface area contributed by atoms with Crippen LogP contribution in [0, 0.1) is 0 Å². The molecule has 1 aliphatic heterocycles. The molecule has 5 aromatic rings. The number of carboxylic acid groups (broad SMARTS) is 1. The smallest absolute Gasteiger partial charge is 0.326 e. The second kappa shape index (κ2) is 13.0. The van der Waals surface area contributed by atoms with Gasteiger partial charge in [-0.25, -0.2) is 4.79 Å². The lowest BCUT2D eigenvalue weighted by atomic mass is 10.0. The first-order valence-corrected chi connectivity index (χ1v) is 15.0. The molecule has 3 N–H and O–H groups in total. The Kier molecular flexibility index (Phi) is 8.54. The number of benzene rings is 4. The third kappa shape index (κ3) is 6.40. The highest BCUT2D eigenvalue weighted by Gasteiger charge is 2.34. The van der Waals surface area contributed by atoms with Gasteiger partial charge in [-0.15, -0.1) is 10.2 Å². The highest BCUT2D eigenvalue weighted by molar-refractivity contribution is 6.15. The summed E-state index contributed by atoms with van der Waals surface area (Å²) in [6, 6.07) is 26.4. The van der Waals surface area contributed by atoms with Crippen molar-refractivity contribution >= 4 is 34.2 Å². The molecule has 1 unspecified atom stereocenters. The Morgan fingerprint density at radius 1 is 0.933 bits per heavy atom. The normalized spacial score (nSPS) is 14.5. The van der Waals surface area contributed by atoms with Gasteiger partial charge in [0.1, 0.15) is 29.5 Å². The van der Waals surface area contributed by atoms with Crippen molar-refractivity contribution in [1.29, 1.82) is 0 Å². The topological polar surface area (TPSA) is 135 Å². The fourth-order valence-corrected chi connectivity index (χ4v) is 5.82. The summed E-state index contributed by atoms with van der Waals surface area (Å²) in [7, 11) is 0. The average molecular weight is 604 g/mol. The summed E-state index contributed by atoms with van der Waals surface area (Å²) in [6.07, 6.45) is 1.72. The number of ether oxygens (including phenoxy) is 1. The van der Waals surface area contributed by atoms with E-state index in [9.17, 15) is 19.5 Å². The van der Waals surface area contributed by atoms with Gasteiger partial charge in [0.2, 0.25) is 5.91 Å². The van der Waals surface area contributed by atoms with Crippen molar-refractivity contribution in [2.45, 2.75) is 44.7 Å². The van der Waals surface area contributed by atoms with Crippen molar-refractivity contribution in [3.63, 3.8) is 0 Å². The Bertz CT molecular complexity index is 1850. The van der Waals surface area contributed by atoms with E-state index in [1.807, 2.05) is 72.2 Å². The molecule has 0 fully saturated rings. The number of rotatable bonds is 11. The third-order valence-electron chi connectivity index (χ3n) is 7.98. The number of nitrogens with zero attached hydrogens (tertiary/aromatic N) is 3. The molecule has 0 aliphatic carbocycles. The molecule has 1 aromatic heterocycles. The van der Waals surface area contributed by atoms with Crippen LogP contribution in [0.1, 0.15) is 52.5 Å². The zero-order valence-corrected chi connectivity index (χ0v) is 24.8. The van der Waals surface area contributed by atoms with E-state index in [0.29, 0.717) is 54.3 Å². The lowest BCUT2D eigenvalue weighted by Crippen LogP contribution is -2.45. The van der Waals surface area contributed by atoms with Crippen LogP contribution in [0.15, 0.2) is 91.0 Å². The number of carboxylic acids is 1. The number of fused-ring (bicyclic) bond motifs is 2. The second-order valence-corrected chi connectivity index (χ2v) is 11.0. The predicted octanol–water partition coefficient (Wildman–Crippen LogP) is 4.97. The van der Waals surface area contributed by atoms with E-state index < -0.39 is 18.1 Å².